The van der Waals surface area contributed by atoms with Gasteiger partial charge in [0.05, 0.1) is 0 Å². The minimum absolute atomic E-state index is 0. The van der Waals surface area contributed by atoms with Crippen LogP contribution in [-0.2, 0) is 4.74 Å². The van der Waals surface area contributed by atoms with Gasteiger partial charge in [-0.25, -0.2) is 4.79 Å². The Kier molecular flexibility index (Phi) is 15.0. The fourth-order valence-electron chi connectivity index (χ4n) is 1.29. The van der Waals surface area contributed by atoms with Crippen LogP contribution in [0.5, 0.6) is 0 Å². The molecule has 1 amide bonds. The second-order valence-corrected chi connectivity index (χ2v) is 6.37. The highest BCUT2D eigenvalue weighted by Crippen LogP contribution is 2.05. The number of nitrogens with one attached hydrogen (secondary N) is 3. The highest BCUT2D eigenvalue weighted by atomic mass is 127. The summed E-state index contributed by atoms with van der Waals surface area (Å²) in [6.07, 6.45) is 1.48. The van der Waals surface area contributed by atoms with Crippen molar-refractivity contribution in [3.8, 4) is 0 Å². The van der Waals surface area contributed by atoms with Crippen LogP contribution in [0, 0.1) is 0 Å². The maximum absolute atomic E-state index is 11.4. The van der Waals surface area contributed by atoms with E-state index in [1.807, 2.05) is 26.8 Å². The third-order valence-electron chi connectivity index (χ3n) is 2.08. The van der Waals surface area contributed by atoms with Crippen LogP contribution in [0.3, 0.4) is 0 Å². The van der Waals surface area contributed by atoms with Gasteiger partial charge in [-0.1, -0.05) is 6.08 Å². The van der Waals surface area contributed by atoms with Gasteiger partial charge in [0.2, 0.25) is 0 Å². The average molecular weight is 444 g/mol. The van der Waals surface area contributed by atoms with Crippen molar-refractivity contribution in [2.24, 2.45) is 4.99 Å². The molecule has 0 atom stereocenters. The molecule has 0 aliphatic heterocycles. The first-order chi connectivity index (χ1) is 9.89. The molecule has 0 heterocycles. The first kappa shape index (κ1) is 23.6. The van der Waals surface area contributed by atoms with Gasteiger partial charge in [-0.3, -0.25) is 4.99 Å². The van der Waals surface area contributed by atoms with Crippen LogP contribution in [0.25, 0.3) is 0 Å². The van der Waals surface area contributed by atoms with E-state index in [1.54, 1.807) is 18.8 Å². The van der Waals surface area contributed by atoms with Crippen LogP contribution in [0.2, 0.25) is 0 Å². The van der Waals surface area contributed by atoms with Crippen molar-refractivity contribution in [2.75, 3.05) is 38.2 Å². The largest absolute Gasteiger partial charge is 0.444 e. The zero-order valence-electron chi connectivity index (χ0n) is 13.9. The molecule has 0 unspecified atom stereocenters. The first-order valence-electron chi connectivity index (χ1n) is 6.99. The normalized spacial score (nSPS) is 11.2. The molecule has 0 fully saturated rings. The van der Waals surface area contributed by atoms with Crippen molar-refractivity contribution in [1.82, 2.24) is 16.0 Å². The zero-order valence-corrected chi connectivity index (χ0v) is 17.0. The quantitative estimate of drug-likeness (QED) is 0.176. The van der Waals surface area contributed by atoms with Crippen molar-refractivity contribution < 1.29 is 9.53 Å². The van der Waals surface area contributed by atoms with E-state index in [9.17, 15) is 4.79 Å². The Morgan fingerprint density at radius 1 is 1.23 bits per heavy atom. The third-order valence-corrected chi connectivity index (χ3v) is 3.05. The molecular weight excluding hydrogens is 415 g/mol. The summed E-state index contributed by atoms with van der Waals surface area (Å²) >= 11 is 1.81. The highest BCUT2D eigenvalue weighted by molar-refractivity contribution is 14.0. The molecule has 0 bridgehead atoms. The molecule has 0 aliphatic rings. The van der Waals surface area contributed by atoms with E-state index < -0.39 is 11.7 Å². The number of amides is 1. The van der Waals surface area contributed by atoms with Crippen LogP contribution >= 0.6 is 35.7 Å². The average Bonchev–Trinajstić information content (AvgIpc) is 2.39. The number of ether oxygens (including phenoxy) is 1. The van der Waals surface area contributed by atoms with Gasteiger partial charge in [0, 0.05) is 38.2 Å². The number of rotatable bonds is 8. The van der Waals surface area contributed by atoms with Crippen molar-refractivity contribution in [3.63, 3.8) is 0 Å². The summed E-state index contributed by atoms with van der Waals surface area (Å²) in [6.45, 7) is 11.1. The van der Waals surface area contributed by atoms with E-state index in [0.717, 1.165) is 24.0 Å². The van der Waals surface area contributed by atoms with E-state index in [0.29, 0.717) is 13.1 Å². The summed E-state index contributed by atoms with van der Waals surface area (Å²) in [4.78, 5) is 15.5. The van der Waals surface area contributed by atoms with Crippen LogP contribution in [-0.4, -0.2) is 55.8 Å². The smallest absolute Gasteiger partial charge is 0.407 e. The molecule has 0 spiro atoms. The Bertz CT molecular complexity index is 346. The molecule has 0 aromatic heterocycles. The minimum atomic E-state index is -0.474. The molecule has 8 heteroatoms. The van der Waals surface area contributed by atoms with Crippen molar-refractivity contribution >= 4 is 47.8 Å². The van der Waals surface area contributed by atoms with E-state index in [-0.39, 0.29) is 24.0 Å². The number of halogens is 1. The summed E-state index contributed by atoms with van der Waals surface area (Å²) in [5, 5.41) is 8.99. The summed E-state index contributed by atoms with van der Waals surface area (Å²) in [7, 11) is 1.72. The van der Waals surface area contributed by atoms with Crippen LogP contribution in [0.1, 0.15) is 20.8 Å². The molecule has 0 aliphatic carbocycles. The number of thioether (sulfide) groups is 1. The van der Waals surface area contributed by atoms with E-state index in [1.165, 1.54) is 0 Å². The Balaban J connectivity index is 0. The summed E-state index contributed by atoms with van der Waals surface area (Å²) in [5.41, 5.74) is -0.474. The number of carbonyl (C=O) groups excluding carboxylic acids is 1. The molecule has 0 aromatic rings. The fraction of sp³-hybridized carbons (Fsp3) is 0.714. The van der Waals surface area contributed by atoms with Gasteiger partial charge in [0.15, 0.2) is 5.96 Å². The van der Waals surface area contributed by atoms with Crippen LogP contribution in [0.4, 0.5) is 4.79 Å². The minimum Gasteiger partial charge on any atom is -0.444 e. The lowest BCUT2D eigenvalue weighted by Crippen LogP contribution is -2.43. The van der Waals surface area contributed by atoms with E-state index in [4.69, 9.17) is 4.74 Å². The molecule has 22 heavy (non-hydrogen) atoms. The first-order valence-corrected chi connectivity index (χ1v) is 8.14. The number of aliphatic imine (C=N–C) groups is 1. The topological polar surface area (TPSA) is 74.8 Å². The van der Waals surface area contributed by atoms with Crippen LogP contribution < -0.4 is 16.0 Å². The van der Waals surface area contributed by atoms with Gasteiger partial charge >= 0.3 is 6.09 Å². The van der Waals surface area contributed by atoms with Crippen molar-refractivity contribution in [1.29, 1.82) is 0 Å². The Labute approximate surface area is 155 Å². The van der Waals surface area contributed by atoms with Crippen molar-refractivity contribution in [2.45, 2.75) is 26.4 Å². The number of hydrogen-bond acceptors (Lipinski definition) is 4. The molecule has 0 saturated heterocycles. The molecule has 130 valence electrons. The number of hydrogen-bond donors (Lipinski definition) is 3. The van der Waals surface area contributed by atoms with Gasteiger partial charge in [0.25, 0.3) is 0 Å². The number of guanidine groups is 1. The maximum atomic E-state index is 11.4. The SMILES string of the molecule is C=CCSCCNC(=NC)NCCNC(=O)OC(C)(C)C.I. The molecule has 0 aromatic carbocycles. The lowest BCUT2D eigenvalue weighted by atomic mass is 10.2. The van der Waals surface area contributed by atoms with Gasteiger partial charge in [-0.2, -0.15) is 11.8 Å². The Morgan fingerprint density at radius 2 is 1.82 bits per heavy atom. The molecule has 3 N–H and O–H groups in total. The zero-order chi connectivity index (χ0) is 16.1. The monoisotopic (exact) mass is 444 g/mol. The van der Waals surface area contributed by atoms with Gasteiger partial charge in [-0.05, 0) is 20.8 Å². The van der Waals surface area contributed by atoms with Gasteiger partial charge in [0.1, 0.15) is 5.60 Å². The molecule has 0 saturated carbocycles. The van der Waals surface area contributed by atoms with Gasteiger partial charge < -0.3 is 20.7 Å². The second-order valence-electron chi connectivity index (χ2n) is 5.22. The predicted molar refractivity (Wildman–Crippen MR) is 107 cm³/mol. The summed E-state index contributed by atoms with van der Waals surface area (Å²) in [6, 6.07) is 0. The highest BCUT2D eigenvalue weighted by Gasteiger charge is 2.15. The number of nitrogens with zero attached hydrogens (tertiary/aromatic N) is 1. The predicted octanol–water partition coefficient (Wildman–Crippen LogP) is 2.21. The van der Waals surface area contributed by atoms with Gasteiger partial charge in [-0.15, -0.1) is 30.6 Å². The van der Waals surface area contributed by atoms with Crippen molar-refractivity contribution in [3.05, 3.63) is 12.7 Å². The maximum Gasteiger partial charge on any atom is 0.407 e. The molecule has 0 rings (SSSR count). The lowest BCUT2D eigenvalue weighted by Gasteiger charge is -2.19. The summed E-state index contributed by atoms with van der Waals surface area (Å²) in [5.74, 6) is 2.66. The molecule has 6 nitrogen and oxygen atoms in total. The second kappa shape index (κ2) is 14.0. The Hall–Kier alpha value is -0.640. The molecular formula is C14H29IN4O2S. The molecule has 0 radical (unpaired) electrons. The van der Waals surface area contributed by atoms with E-state index in [2.05, 4.69) is 27.5 Å². The summed E-state index contributed by atoms with van der Waals surface area (Å²) < 4.78 is 5.14. The standard InChI is InChI=1S/C14H28N4O2S.HI/c1-6-10-21-11-9-17-12(15-5)16-7-8-18-13(19)20-14(2,3)4;/h6H,1,7-11H2,2-5H3,(H,18,19)(H2,15,16,17);1H. The number of alkyl carbamates (subject to hydrolysis) is 1. The Morgan fingerprint density at radius 3 is 2.36 bits per heavy atom. The third kappa shape index (κ3) is 15.7. The van der Waals surface area contributed by atoms with E-state index >= 15 is 0 Å². The fourth-order valence-corrected chi connectivity index (χ4v) is 1.87. The lowest BCUT2D eigenvalue weighted by molar-refractivity contribution is 0.0529. The number of carbonyl (C=O) groups is 1. The van der Waals surface area contributed by atoms with Crippen LogP contribution in [0.15, 0.2) is 17.6 Å².